The second-order valence-corrected chi connectivity index (χ2v) is 8.50. The number of carboxylic acids is 2. The second-order valence-electron chi connectivity index (χ2n) is 7.52. The maximum atomic E-state index is 12.8. The molecule has 15 nitrogen and oxygen atoms in total. The Kier molecular flexibility index (Phi) is 14.7. The average Bonchev–Trinajstić information content (AvgIpc) is 2.75. The van der Waals surface area contributed by atoms with E-state index in [0.29, 0.717) is 5.75 Å². The van der Waals surface area contributed by atoms with Gasteiger partial charge in [0, 0.05) is 12.8 Å². The van der Waals surface area contributed by atoms with Crippen LogP contribution in [0.25, 0.3) is 0 Å². The van der Waals surface area contributed by atoms with E-state index in [1.54, 1.807) is 6.26 Å². The van der Waals surface area contributed by atoms with Crippen LogP contribution in [0.2, 0.25) is 0 Å². The Balaban J connectivity index is 5.47. The van der Waals surface area contributed by atoms with E-state index in [4.69, 9.17) is 22.3 Å². The van der Waals surface area contributed by atoms with Crippen LogP contribution in [0.5, 0.6) is 0 Å². The van der Waals surface area contributed by atoms with Crippen LogP contribution in [-0.2, 0) is 33.6 Å². The lowest BCUT2D eigenvalue weighted by molar-refractivity contribution is -0.143. The monoisotopic (exact) mass is 520 g/mol. The van der Waals surface area contributed by atoms with E-state index in [-0.39, 0.29) is 32.1 Å². The zero-order valence-electron chi connectivity index (χ0n) is 19.2. The molecule has 0 aliphatic heterocycles. The lowest BCUT2D eigenvalue weighted by atomic mass is 10.1. The van der Waals surface area contributed by atoms with Gasteiger partial charge in [-0.1, -0.05) is 0 Å². The zero-order valence-corrected chi connectivity index (χ0v) is 20.0. The van der Waals surface area contributed by atoms with Gasteiger partial charge in [0.15, 0.2) is 0 Å². The first-order valence-electron chi connectivity index (χ1n) is 10.4. The van der Waals surface area contributed by atoms with Gasteiger partial charge in [0.2, 0.25) is 29.5 Å². The van der Waals surface area contributed by atoms with Gasteiger partial charge in [0.25, 0.3) is 0 Å². The molecule has 0 saturated heterocycles. The molecule has 0 spiro atoms. The molecule has 0 aliphatic rings. The molecule has 0 fully saturated rings. The minimum atomic E-state index is -1.58. The summed E-state index contributed by atoms with van der Waals surface area (Å²) in [5, 5.41) is 24.7. The molecule has 0 aromatic carbocycles. The first-order chi connectivity index (χ1) is 16.3. The highest BCUT2D eigenvalue weighted by molar-refractivity contribution is 7.98. The van der Waals surface area contributed by atoms with E-state index >= 15 is 0 Å². The summed E-state index contributed by atoms with van der Waals surface area (Å²) in [6.45, 7) is 0. The van der Waals surface area contributed by atoms with Crippen molar-refractivity contribution < 1.29 is 43.8 Å². The molecule has 0 aliphatic carbocycles. The predicted octanol–water partition coefficient (Wildman–Crippen LogP) is -3.39. The van der Waals surface area contributed by atoms with Crippen LogP contribution in [0.4, 0.5) is 0 Å². The molecule has 11 N–H and O–H groups in total. The predicted molar refractivity (Wildman–Crippen MR) is 124 cm³/mol. The highest BCUT2D eigenvalue weighted by Crippen LogP contribution is 2.05. The number of nitrogens with two attached hydrogens (primary N) is 3. The summed E-state index contributed by atoms with van der Waals surface area (Å²) in [5.74, 6) is -6.70. The van der Waals surface area contributed by atoms with E-state index in [2.05, 4.69) is 16.0 Å². The number of thioether (sulfide) groups is 1. The van der Waals surface area contributed by atoms with Crippen molar-refractivity contribution in [1.29, 1.82) is 0 Å². The van der Waals surface area contributed by atoms with Gasteiger partial charge >= 0.3 is 11.9 Å². The number of primary amides is 2. The Morgan fingerprint density at radius 3 is 1.77 bits per heavy atom. The normalized spacial score (nSPS) is 14.0. The Morgan fingerprint density at radius 2 is 1.29 bits per heavy atom. The highest BCUT2D eigenvalue weighted by atomic mass is 32.2. The van der Waals surface area contributed by atoms with Crippen molar-refractivity contribution in [1.82, 2.24) is 16.0 Å². The summed E-state index contributed by atoms with van der Waals surface area (Å²) in [7, 11) is 0. The summed E-state index contributed by atoms with van der Waals surface area (Å²) >= 11 is 1.36. The van der Waals surface area contributed by atoms with Crippen LogP contribution in [0, 0.1) is 0 Å². The van der Waals surface area contributed by atoms with E-state index in [1.807, 2.05) is 0 Å². The number of carbonyl (C=O) groups is 7. The molecule has 0 heterocycles. The van der Waals surface area contributed by atoms with Crippen LogP contribution in [0.3, 0.4) is 0 Å². The van der Waals surface area contributed by atoms with Gasteiger partial charge in [-0.3, -0.25) is 28.8 Å². The van der Waals surface area contributed by atoms with Gasteiger partial charge in [-0.05, 0) is 31.3 Å². The molecule has 0 aromatic heterocycles. The molecule has 16 heteroatoms. The molecule has 0 radical (unpaired) electrons. The minimum absolute atomic E-state index is 0.103. The molecule has 5 amide bonds. The molecular weight excluding hydrogens is 488 g/mol. The topological polar surface area (TPSA) is 274 Å². The third kappa shape index (κ3) is 13.8. The standard InChI is InChI=1S/C19H32N6O9S/c1-35-7-6-10(23-16(30)9(20)2-5-15(28)29)17(31)25-12(8-14(22)27)18(32)24-11(19(33)34)3-4-13(21)26/h9-12H,2-8,20H2,1H3,(H2,21,26)(H2,22,27)(H,23,30)(H,24,32)(H,25,31)(H,28,29)(H,33,34). The van der Waals surface area contributed by atoms with E-state index in [1.165, 1.54) is 11.8 Å². The van der Waals surface area contributed by atoms with Gasteiger partial charge in [-0.2, -0.15) is 11.8 Å². The molecule has 0 bridgehead atoms. The molecule has 35 heavy (non-hydrogen) atoms. The van der Waals surface area contributed by atoms with E-state index in [0.717, 1.165) is 0 Å². The number of carboxylic acid groups (broad SMARTS) is 2. The van der Waals surface area contributed by atoms with Crippen LogP contribution < -0.4 is 33.2 Å². The van der Waals surface area contributed by atoms with Crippen molar-refractivity contribution in [2.75, 3.05) is 12.0 Å². The van der Waals surface area contributed by atoms with Gasteiger partial charge < -0.3 is 43.4 Å². The zero-order chi connectivity index (χ0) is 27.1. The lowest BCUT2D eigenvalue weighted by Crippen LogP contribution is -2.57. The lowest BCUT2D eigenvalue weighted by Gasteiger charge is -2.24. The molecule has 198 valence electrons. The van der Waals surface area contributed by atoms with Crippen molar-refractivity contribution in [3.63, 3.8) is 0 Å². The Labute approximate surface area is 205 Å². The Hall–Kier alpha value is -3.40. The number of amides is 5. The number of rotatable bonds is 18. The number of hydrogen-bond acceptors (Lipinski definition) is 9. The summed E-state index contributed by atoms with van der Waals surface area (Å²) in [6, 6.07) is -5.51. The summed E-state index contributed by atoms with van der Waals surface area (Å²) in [5.41, 5.74) is 15.8. The van der Waals surface area contributed by atoms with E-state index in [9.17, 15) is 38.7 Å². The number of carbonyl (C=O) groups excluding carboxylic acids is 5. The fraction of sp³-hybridized carbons (Fsp3) is 0.632. The summed E-state index contributed by atoms with van der Waals surface area (Å²) in [4.78, 5) is 82.2. The SMILES string of the molecule is CSCCC(NC(=O)C(N)CCC(=O)O)C(=O)NC(CC(N)=O)C(=O)NC(CCC(N)=O)C(=O)O. The van der Waals surface area contributed by atoms with Crippen molar-refractivity contribution in [2.45, 2.75) is 62.7 Å². The first kappa shape index (κ1) is 31.6. The number of nitrogens with one attached hydrogen (secondary N) is 3. The summed E-state index contributed by atoms with van der Waals surface area (Å²) < 4.78 is 0. The molecular formula is C19H32N6O9S. The van der Waals surface area contributed by atoms with E-state index < -0.39 is 72.1 Å². The maximum Gasteiger partial charge on any atom is 0.326 e. The van der Waals surface area contributed by atoms with Crippen molar-refractivity contribution in [3.8, 4) is 0 Å². The smallest absolute Gasteiger partial charge is 0.326 e. The van der Waals surface area contributed by atoms with Crippen molar-refractivity contribution in [2.24, 2.45) is 17.2 Å². The average molecular weight is 521 g/mol. The van der Waals surface area contributed by atoms with Crippen LogP contribution in [-0.4, -0.2) is 87.9 Å². The van der Waals surface area contributed by atoms with Crippen LogP contribution in [0.1, 0.15) is 38.5 Å². The van der Waals surface area contributed by atoms with Gasteiger partial charge in [0.1, 0.15) is 18.1 Å². The fourth-order valence-corrected chi connectivity index (χ4v) is 3.16. The maximum absolute atomic E-state index is 12.8. The minimum Gasteiger partial charge on any atom is -0.481 e. The highest BCUT2D eigenvalue weighted by Gasteiger charge is 2.31. The number of hydrogen-bond donors (Lipinski definition) is 8. The Bertz CT molecular complexity index is 810. The van der Waals surface area contributed by atoms with Crippen molar-refractivity contribution >= 4 is 53.2 Å². The third-order valence-electron chi connectivity index (χ3n) is 4.58. The summed E-state index contributed by atoms with van der Waals surface area (Å²) in [6.07, 6.45) is -0.0307. The number of aliphatic carboxylic acids is 2. The fourth-order valence-electron chi connectivity index (χ4n) is 2.69. The molecule has 0 rings (SSSR count). The Morgan fingerprint density at radius 1 is 0.743 bits per heavy atom. The molecule has 4 unspecified atom stereocenters. The first-order valence-corrected chi connectivity index (χ1v) is 11.8. The molecule has 4 atom stereocenters. The van der Waals surface area contributed by atoms with Crippen LogP contribution >= 0.6 is 11.8 Å². The van der Waals surface area contributed by atoms with Crippen LogP contribution in [0.15, 0.2) is 0 Å². The van der Waals surface area contributed by atoms with Gasteiger partial charge in [-0.15, -0.1) is 0 Å². The molecule has 0 saturated carbocycles. The third-order valence-corrected chi connectivity index (χ3v) is 5.23. The van der Waals surface area contributed by atoms with Gasteiger partial charge in [-0.25, -0.2) is 4.79 Å². The van der Waals surface area contributed by atoms with Gasteiger partial charge in [0.05, 0.1) is 12.5 Å². The second kappa shape index (κ2) is 16.3. The van der Waals surface area contributed by atoms with Crippen molar-refractivity contribution in [3.05, 3.63) is 0 Å². The quantitative estimate of drug-likeness (QED) is 0.0882. The molecule has 0 aromatic rings. The largest absolute Gasteiger partial charge is 0.481 e.